The summed E-state index contributed by atoms with van der Waals surface area (Å²) in [7, 11) is -3.84. The maximum Gasteiger partial charge on any atom is 0.264 e. The molecule has 0 heterocycles. The zero-order valence-corrected chi connectivity index (χ0v) is 17.8. The fourth-order valence-corrected chi connectivity index (χ4v) is 5.21. The van der Waals surface area contributed by atoms with E-state index in [1.807, 2.05) is 19.1 Å². The van der Waals surface area contributed by atoms with E-state index in [4.69, 9.17) is 0 Å². The number of carbonyl (C=O) groups is 1. The summed E-state index contributed by atoms with van der Waals surface area (Å²) in [5.41, 5.74) is 1.62. The Balaban J connectivity index is 1.79. The van der Waals surface area contributed by atoms with Crippen molar-refractivity contribution < 1.29 is 13.2 Å². The van der Waals surface area contributed by atoms with E-state index >= 15 is 0 Å². The summed E-state index contributed by atoms with van der Waals surface area (Å²) >= 11 is 0. The summed E-state index contributed by atoms with van der Waals surface area (Å²) in [6, 6.07) is 15.6. The van der Waals surface area contributed by atoms with Crippen LogP contribution in [0.2, 0.25) is 0 Å². The molecule has 2 aromatic carbocycles. The number of nitrogens with one attached hydrogen (secondary N) is 1. The summed E-state index contributed by atoms with van der Waals surface area (Å²) in [4.78, 5) is 12.8. The minimum Gasteiger partial charge on any atom is -0.354 e. The van der Waals surface area contributed by atoms with Crippen molar-refractivity contribution in [2.75, 3.05) is 17.4 Å². The van der Waals surface area contributed by atoms with Gasteiger partial charge < -0.3 is 5.32 Å². The maximum atomic E-state index is 13.3. The predicted molar refractivity (Wildman–Crippen MR) is 116 cm³/mol. The van der Waals surface area contributed by atoms with E-state index in [0.717, 1.165) is 24.8 Å². The highest BCUT2D eigenvalue weighted by molar-refractivity contribution is 7.92. The van der Waals surface area contributed by atoms with Gasteiger partial charge in [-0.3, -0.25) is 9.10 Å². The molecule has 1 saturated carbocycles. The van der Waals surface area contributed by atoms with Crippen molar-refractivity contribution in [1.29, 1.82) is 0 Å². The number of hydrogen-bond acceptors (Lipinski definition) is 3. The Kier molecular flexibility index (Phi) is 7.31. The molecule has 5 nitrogen and oxygen atoms in total. The molecule has 2 aromatic rings. The van der Waals surface area contributed by atoms with Gasteiger partial charge in [-0.1, -0.05) is 56.5 Å². The lowest BCUT2D eigenvalue weighted by Crippen LogP contribution is -2.42. The molecule has 6 heteroatoms. The molecule has 1 aliphatic carbocycles. The Hall–Kier alpha value is -2.34. The van der Waals surface area contributed by atoms with Gasteiger partial charge in [0.1, 0.15) is 6.54 Å². The Morgan fingerprint density at radius 1 is 1.00 bits per heavy atom. The van der Waals surface area contributed by atoms with Gasteiger partial charge in [0.2, 0.25) is 5.91 Å². The largest absolute Gasteiger partial charge is 0.354 e. The highest BCUT2D eigenvalue weighted by Gasteiger charge is 2.27. The van der Waals surface area contributed by atoms with Gasteiger partial charge in [0, 0.05) is 6.54 Å². The van der Waals surface area contributed by atoms with E-state index in [9.17, 15) is 13.2 Å². The van der Waals surface area contributed by atoms with Crippen LogP contribution >= 0.6 is 0 Å². The van der Waals surface area contributed by atoms with E-state index in [-0.39, 0.29) is 17.3 Å². The molecule has 29 heavy (non-hydrogen) atoms. The van der Waals surface area contributed by atoms with Crippen molar-refractivity contribution in [3.8, 4) is 0 Å². The molecule has 0 aliphatic heterocycles. The third kappa shape index (κ3) is 5.60. The molecule has 0 bridgehead atoms. The highest BCUT2D eigenvalue weighted by atomic mass is 32.2. The van der Waals surface area contributed by atoms with Gasteiger partial charge in [-0.2, -0.15) is 0 Å². The first kappa shape index (κ1) is 21.4. The van der Waals surface area contributed by atoms with E-state index in [2.05, 4.69) is 5.32 Å². The molecule has 1 aliphatic rings. The Bertz CT molecular complexity index is 889. The lowest BCUT2D eigenvalue weighted by Gasteiger charge is -2.26. The molecule has 0 saturated heterocycles. The number of benzene rings is 2. The SMILES string of the molecule is CCc1ccc(N(CC(=O)NCC2CCCCC2)S(=O)(=O)c2ccccc2)cc1. The molecule has 3 rings (SSSR count). The van der Waals surface area contributed by atoms with Gasteiger partial charge in [0.05, 0.1) is 10.6 Å². The summed E-state index contributed by atoms with van der Waals surface area (Å²) in [5.74, 6) is 0.227. The molecule has 0 unspecified atom stereocenters. The van der Waals surface area contributed by atoms with E-state index in [0.29, 0.717) is 18.2 Å². The maximum absolute atomic E-state index is 13.3. The first-order valence-corrected chi connectivity index (χ1v) is 11.9. The summed E-state index contributed by atoms with van der Waals surface area (Å²) < 4.78 is 27.8. The van der Waals surface area contributed by atoms with Crippen molar-refractivity contribution in [2.45, 2.75) is 50.3 Å². The van der Waals surface area contributed by atoms with Crippen molar-refractivity contribution in [1.82, 2.24) is 5.32 Å². The third-order valence-corrected chi connectivity index (χ3v) is 7.35. The second-order valence-corrected chi connectivity index (χ2v) is 9.52. The van der Waals surface area contributed by atoms with E-state index < -0.39 is 10.0 Å². The van der Waals surface area contributed by atoms with Gasteiger partial charge in [0.15, 0.2) is 0 Å². The van der Waals surface area contributed by atoms with Gasteiger partial charge >= 0.3 is 0 Å². The molecule has 0 atom stereocenters. The number of anilines is 1. The molecule has 156 valence electrons. The van der Waals surface area contributed by atoms with Gasteiger partial charge in [0.25, 0.3) is 10.0 Å². The average molecular weight is 415 g/mol. The normalized spacial score (nSPS) is 15.1. The number of aryl methyl sites for hydroxylation is 1. The van der Waals surface area contributed by atoms with Gasteiger partial charge in [-0.25, -0.2) is 8.42 Å². The van der Waals surface area contributed by atoms with Crippen LogP contribution < -0.4 is 9.62 Å². The predicted octanol–water partition coefficient (Wildman–Crippen LogP) is 4.14. The zero-order valence-electron chi connectivity index (χ0n) is 17.0. The number of rotatable bonds is 8. The molecule has 1 N–H and O–H groups in total. The van der Waals surface area contributed by atoms with Crippen molar-refractivity contribution >= 4 is 21.6 Å². The number of sulfonamides is 1. The second-order valence-electron chi connectivity index (χ2n) is 7.65. The summed E-state index contributed by atoms with van der Waals surface area (Å²) in [5, 5.41) is 2.95. The van der Waals surface area contributed by atoms with E-state index in [1.165, 1.54) is 23.6 Å². The van der Waals surface area contributed by atoms with Crippen molar-refractivity contribution in [3.63, 3.8) is 0 Å². The number of carbonyl (C=O) groups excluding carboxylic acids is 1. The van der Waals surface area contributed by atoms with Gasteiger partial charge in [-0.15, -0.1) is 0 Å². The monoisotopic (exact) mass is 414 g/mol. The second kappa shape index (κ2) is 9.92. The first-order chi connectivity index (χ1) is 14.0. The Morgan fingerprint density at radius 3 is 2.28 bits per heavy atom. The molecule has 0 spiro atoms. The molecule has 0 aromatic heterocycles. The molecule has 1 fully saturated rings. The fourth-order valence-electron chi connectivity index (χ4n) is 3.77. The molecular formula is C23H30N2O3S. The first-order valence-electron chi connectivity index (χ1n) is 10.4. The zero-order chi connectivity index (χ0) is 20.7. The number of hydrogen-bond donors (Lipinski definition) is 1. The van der Waals surface area contributed by atoms with Crippen LogP contribution in [0, 0.1) is 5.92 Å². The van der Waals surface area contributed by atoms with Crippen molar-refractivity contribution in [2.24, 2.45) is 5.92 Å². The third-order valence-electron chi connectivity index (χ3n) is 5.56. The lowest BCUT2D eigenvalue weighted by atomic mass is 9.89. The van der Waals surface area contributed by atoms with Crippen LogP contribution in [0.1, 0.15) is 44.6 Å². The smallest absolute Gasteiger partial charge is 0.264 e. The fraction of sp³-hybridized carbons (Fsp3) is 0.435. The number of amides is 1. The summed E-state index contributed by atoms with van der Waals surface area (Å²) in [6.45, 7) is 2.44. The van der Waals surface area contributed by atoms with Gasteiger partial charge in [-0.05, 0) is 55.0 Å². The minimum absolute atomic E-state index is 0.180. The minimum atomic E-state index is -3.84. The van der Waals surface area contributed by atoms with Crippen LogP contribution in [-0.2, 0) is 21.2 Å². The lowest BCUT2D eigenvalue weighted by molar-refractivity contribution is -0.119. The quantitative estimate of drug-likeness (QED) is 0.706. The van der Waals surface area contributed by atoms with Crippen LogP contribution in [0.25, 0.3) is 0 Å². The number of nitrogens with zero attached hydrogens (tertiary/aromatic N) is 1. The Morgan fingerprint density at radius 2 is 1.66 bits per heavy atom. The van der Waals surface area contributed by atoms with Crippen LogP contribution in [0.15, 0.2) is 59.5 Å². The molecular weight excluding hydrogens is 384 g/mol. The molecule has 1 amide bonds. The standard InChI is InChI=1S/C23H30N2O3S/c1-2-19-13-15-21(16-14-19)25(29(27,28)22-11-7-4-8-12-22)18-23(26)24-17-20-9-5-3-6-10-20/h4,7-8,11-16,20H,2-3,5-6,9-10,17-18H2,1H3,(H,24,26). The van der Waals surface area contributed by atoms with E-state index in [1.54, 1.807) is 42.5 Å². The average Bonchev–Trinajstić information content (AvgIpc) is 2.77. The van der Waals surface area contributed by atoms with Crippen molar-refractivity contribution in [3.05, 3.63) is 60.2 Å². The molecule has 0 radical (unpaired) electrons. The summed E-state index contributed by atoms with van der Waals surface area (Å²) in [6.07, 6.45) is 6.81. The Labute approximate surface area is 174 Å². The topological polar surface area (TPSA) is 66.5 Å². The van der Waals surface area contributed by atoms with Crippen LogP contribution in [0.5, 0.6) is 0 Å². The van der Waals surface area contributed by atoms with Crippen LogP contribution in [0.4, 0.5) is 5.69 Å². The van der Waals surface area contributed by atoms with Crippen LogP contribution in [0.3, 0.4) is 0 Å². The van der Waals surface area contributed by atoms with Crippen LogP contribution in [-0.4, -0.2) is 27.4 Å². The highest BCUT2D eigenvalue weighted by Crippen LogP contribution is 2.25.